The predicted octanol–water partition coefficient (Wildman–Crippen LogP) is 1.98. The Morgan fingerprint density at radius 2 is 2.08 bits per heavy atom. The molecule has 2 aromatic heterocycles. The molecule has 4 rings (SSSR count). The van der Waals surface area contributed by atoms with Crippen molar-refractivity contribution in [3.8, 4) is 17.1 Å². The highest BCUT2D eigenvalue weighted by Crippen LogP contribution is 2.34. The van der Waals surface area contributed by atoms with E-state index in [0.717, 1.165) is 5.56 Å². The number of nitrogens with one attached hydrogen (secondary N) is 1. The first kappa shape index (κ1) is 26.7. The number of anilines is 1. The summed E-state index contributed by atoms with van der Waals surface area (Å²) in [4.78, 5) is 32.7. The van der Waals surface area contributed by atoms with E-state index >= 15 is 0 Å². The SMILES string of the molecule is COc1cccc(-c2cc(F)ccc2[C@H]2Cc3nc(N)nc(C)c3/C(=N/O[C@H](CCO)C(=O)N(C)C)N2)n1. The van der Waals surface area contributed by atoms with E-state index < -0.39 is 18.0 Å². The van der Waals surface area contributed by atoms with Gasteiger partial charge in [0.25, 0.3) is 5.91 Å². The number of benzene rings is 1. The van der Waals surface area contributed by atoms with Gasteiger partial charge in [0.05, 0.1) is 35.8 Å². The lowest BCUT2D eigenvalue weighted by atomic mass is 9.90. The number of aliphatic hydroxyl groups is 1. The van der Waals surface area contributed by atoms with Crippen LogP contribution in [0.25, 0.3) is 11.3 Å². The number of carbonyl (C=O) groups is 1. The van der Waals surface area contributed by atoms with Crippen LogP contribution in [0.3, 0.4) is 0 Å². The van der Waals surface area contributed by atoms with Gasteiger partial charge in [0, 0.05) is 45.2 Å². The van der Waals surface area contributed by atoms with Crippen molar-refractivity contribution >= 4 is 17.7 Å². The Hall–Kier alpha value is -4.32. The molecule has 0 bridgehead atoms. The van der Waals surface area contributed by atoms with Gasteiger partial charge in [-0.3, -0.25) is 4.79 Å². The number of amides is 1. The summed E-state index contributed by atoms with van der Waals surface area (Å²) >= 11 is 0. The molecular weight excluding hydrogens is 493 g/mol. The van der Waals surface area contributed by atoms with Crippen LogP contribution in [-0.2, 0) is 16.1 Å². The Morgan fingerprint density at radius 1 is 1.29 bits per heavy atom. The van der Waals surface area contributed by atoms with Crippen molar-refractivity contribution in [1.82, 2.24) is 25.2 Å². The van der Waals surface area contributed by atoms with Gasteiger partial charge in [-0.25, -0.2) is 19.3 Å². The highest BCUT2D eigenvalue weighted by molar-refractivity contribution is 6.02. The first-order valence-corrected chi connectivity index (χ1v) is 12.0. The fraction of sp³-hybridized carbons (Fsp3) is 0.346. The van der Waals surface area contributed by atoms with Gasteiger partial charge < -0.3 is 30.6 Å². The number of rotatable bonds is 8. The molecule has 4 N–H and O–H groups in total. The average molecular weight is 524 g/mol. The summed E-state index contributed by atoms with van der Waals surface area (Å²) in [5, 5.41) is 17.1. The maximum Gasteiger partial charge on any atom is 0.266 e. The maximum atomic E-state index is 14.4. The number of nitrogens with zero attached hydrogens (tertiary/aromatic N) is 5. The van der Waals surface area contributed by atoms with Gasteiger partial charge in [-0.1, -0.05) is 17.3 Å². The van der Waals surface area contributed by atoms with Crippen molar-refractivity contribution in [2.24, 2.45) is 5.16 Å². The fourth-order valence-corrected chi connectivity index (χ4v) is 4.33. The Labute approximate surface area is 219 Å². The largest absolute Gasteiger partial charge is 0.481 e. The zero-order valence-corrected chi connectivity index (χ0v) is 21.6. The number of pyridine rings is 1. The van der Waals surface area contributed by atoms with Crippen molar-refractivity contribution in [2.75, 3.05) is 33.5 Å². The minimum Gasteiger partial charge on any atom is -0.481 e. The van der Waals surface area contributed by atoms with Crippen LogP contribution in [-0.4, -0.2) is 70.6 Å². The number of nitrogens with two attached hydrogens (primary N) is 1. The third kappa shape index (κ3) is 5.65. The van der Waals surface area contributed by atoms with Gasteiger partial charge in [-0.15, -0.1) is 0 Å². The Bertz CT molecular complexity index is 1370. The number of fused-ring (bicyclic) bond motifs is 1. The maximum absolute atomic E-state index is 14.4. The van der Waals surface area contributed by atoms with Crippen molar-refractivity contribution < 1.29 is 23.9 Å². The highest BCUT2D eigenvalue weighted by atomic mass is 19.1. The second-order valence-electron chi connectivity index (χ2n) is 8.97. The molecule has 1 amide bonds. The molecule has 0 spiro atoms. The van der Waals surface area contributed by atoms with Crippen molar-refractivity contribution in [2.45, 2.75) is 31.9 Å². The first-order chi connectivity index (χ1) is 18.2. The topological polar surface area (TPSA) is 148 Å². The van der Waals surface area contributed by atoms with E-state index in [2.05, 4.69) is 25.4 Å². The van der Waals surface area contributed by atoms with Gasteiger partial charge in [0.15, 0.2) is 5.84 Å². The van der Waals surface area contributed by atoms with Gasteiger partial charge >= 0.3 is 0 Å². The monoisotopic (exact) mass is 523 g/mol. The molecular formula is C26H30FN7O4. The molecule has 2 atom stereocenters. The normalized spacial score (nSPS) is 16.4. The summed E-state index contributed by atoms with van der Waals surface area (Å²) in [5.74, 6) is 0.0328. The van der Waals surface area contributed by atoms with Crippen LogP contribution in [0.4, 0.5) is 10.3 Å². The molecule has 0 unspecified atom stereocenters. The molecule has 3 heterocycles. The molecule has 1 aromatic carbocycles. The van der Waals surface area contributed by atoms with E-state index in [1.807, 2.05) is 0 Å². The standard InChI is InChI=1S/C26H30FN7O4/c1-14-23-20(32-26(28)29-14)13-19(31-24(23)33-38-21(10-11-35)25(36)34(2)3)16-9-8-15(27)12-17(16)18-6-5-7-22(30-18)37-4/h5-9,12,19,21,35H,10-11,13H2,1-4H3,(H,31,33)(H2,28,29,32)/t19-,21-/m1/s1. The lowest BCUT2D eigenvalue weighted by molar-refractivity contribution is -0.142. The number of hydrogen-bond donors (Lipinski definition) is 3. The Kier molecular flexibility index (Phi) is 8.01. The Balaban J connectivity index is 1.79. The van der Waals surface area contributed by atoms with Gasteiger partial charge in [-0.2, -0.15) is 0 Å². The summed E-state index contributed by atoms with van der Waals surface area (Å²) in [7, 11) is 4.70. The van der Waals surface area contributed by atoms with Crippen molar-refractivity contribution in [3.05, 3.63) is 64.7 Å². The third-order valence-electron chi connectivity index (χ3n) is 6.11. The molecule has 0 aliphatic carbocycles. The quantitative estimate of drug-likeness (QED) is 0.377. The van der Waals surface area contributed by atoms with E-state index in [4.69, 9.17) is 15.3 Å². The summed E-state index contributed by atoms with van der Waals surface area (Å²) in [6, 6.07) is 9.29. The van der Waals surface area contributed by atoms with Crippen molar-refractivity contribution in [1.29, 1.82) is 0 Å². The molecule has 0 radical (unpaired) electrons. The zero-order valence-electron chi connectivity index (χ0n) is 21.6. The van der Waals surface area contributed by atoms with Crippen LogP contribution in [0, 0.1) is 12.7 Å². The number of aryl methyl sites for hydroxylation is 1. The number of carbonyl (C=O) groups excluding carboxylic acids is 1. The lowest BCUT2D eigenvalue weighted by Crippen LogP contribution is -2.40. The fourth-order valence-electron chi connectivity index (χ4n) is 4.33. The second-order valence-corrected chi connectivity index (χ2v) is 8.97. The Morgan fingerprint density at radius 3 is 2.79 bits per heavy atom. The van der Waals surface area contributed by atoms with Gasteiger partial charge in [0.2, 0.25) is 17.9 Å². The van der Waals surface area contributed by atoms with E-state index in [1.165, 1.54) is 24.1 Å². The molecule has 0 fully saturated rings. The number of ether oxygens (including phenoxy) is 1. The molecule has 38 heavy (non-hydrogen) atoms. The second kappa shape index (κ2) is 11.4. The lowest BCUT2D eigenvalue weighted by Gasteiger charge is -2.30. The number of oxime groups is 1. The molecule has 3 aromatic rings. The van der Waals surface area contributed by atoms with E-state index in [-0.39, 0.29) is 30.7 Å². The number of aromatic nitrogens is 3. The number of likely N-dealkylation sites (N-methyl/N-ethyl adjacent to an activating group) is 1. The van der Waals surface area contributed by atoms with E-state index in [0.29, 0.717) is 40.5 Å². The zero-order chi connectivity index (χ0) is 27.4. The first-order valence-electron chi connectivity index (χ1n) is 12.0. The number of methoxy groups -OCH3 is 1. The molecule has 1 aliphatic rings. The van der Waals surface area contributed by atoms with Crippen LogP contribution < -0.4 is 15.8 Å². The number of aliphatic hydroxyl groups excluding tert-OH is 1. The molecule has 12 heteroatoms. The number of nitrogen functional groups attached to an aromatic ring is 1. The number of amidine groups is 1. The average Bonchev–Trinajstić information content (AvgIpc) is 2.89. The highest BCUT2D eigenvalue weighted by Gasteiger charge is 2.31. The van der Waals surface area contributed by atoms with Crippen LogP contribution in [0.2, 0.25) is 0 Å². The van der Waals surface area contributed by atoms with Gasteiger partial charge in [-0.05, 0) is 30.7 Å². The van der Waals surface area contributed by atoms with Crippen molar-refractivity contribution in [3.63, 3.8) is 0 Å². The molecule has 1 aliphatic heterocycles. The summed E-state index contributed by atoms with van der Waals surface area (Å²) in [6.07, 6.45) is -0.544. The van der Waals surface area contributed by atoms with Crippen LogP contribution in [0.5, 0.6) is 5.88 Å². The molecule has 0 saturated carbocycles. The summed E-state index contributed by atoms with van der Waals surface area (Å²) in [5.41, 5.74) is 9.56. The minimum atomic E-state index is -0.995. The van der Waals surface area contributed by atoms with Crippen LogP contribution in [0.15, 0.2) is 41.6 Å². The number of hydrogen-bond acceptors (Lipinski definition) is 9. The molecule has 200 valence electrons. The van der Waals surface area contributed by atoms with Gasteiger partial charge in [0.1, 0.15) is 5.82 Å². The summed E-state index contributed by atoms with van der Waals surface area (Å²) < 4.78 is 19.7. The van der Waals surface area contributed by atoms with E-state index in [9.17, 15) is 14.3 Å². The smallest absolute Gasteiger partial charge is 0.266 e. The molecule has 11 nitrogen and oxygen atoms in total. The minimum absolute atomic E-state index is 0.0604. The predicted molar refractivity (Wildman–Crippen MR) is 139 cm³/mol. The molecule has 0 saturated heterocycles. The third-order valence-corrected chi connectivity index (χ3v) is 6.11. The van der Waals surface area contributed by atoms with Crippen LogP contribution in [0.1, 0.15) is 35.0 Å². The summed E-state index contributed by atoms with van der Waals surface area (Å²) in [6.45, 7) is 1.51. The van der Waals surface area contributed by atoms with E-state index in [1.54, 1.807) is 45.3 Å². The van der Waals surface area contributed by atoms with Crippen LogP contribution >= 0.6 is 0 Å². The number of halogens is 1.